The highest BCUT2D eigenvalue weighted by atomic mass is 31.2. The van der Waals surface area contributed by atoms with E-state index in [1.165, 1.54) is 6.07 Å². The Morgan fingerprint density at radius 1 is 1.22 bits per heavy atom. The number of hydrogen-bond acceptors (Lipinski definition) is 3. The summed E-state index contributed by atoms with van der Waals surface area (Å²) in [5.41, 5.74) is 0.451. The molecule has 0 bridgehead atoms. The molecule has 0 fully saturated rings. The summed E-state index contributed by atoms with van der Waals surface area (Å²) in [5.74, 6) is 0.0164. The number of fused-ring (bicyclic) bond motifs is 1. The molecule has 0 spiro atoms. The lowest BCUT2D eigenvalue weighted by molar-refractivity contribution is 0.272. The van der Waals surface area contributed by atoms with E-state index in [0.717, 1.165) is 10.8 Å². The van der Waals surface area contributed by atoms with Crippen molar-refractivity contribution in [2.75, 3.05) is 6.61 Å². The average Bonchev–Trinajstić information content (AvgIpc) is 2.33. The molecule has 2 aromatic rings. The Labute approximate surface area is 105 Å². The monoisotopic (exact) mass is 266 g/mol. The molecule has 0 saturated heterocycles. The molecular weight excluding hydrogens is 251 g/mol. The summed E-state index contributed by atoms with van der Waals surface area (Å²) in [6, 6.07) is 10.7. The second-order valence-electron chi connectivity index (χ2n) is 4.00. The van der Waals surface area contributed by atoms with Gasteiger partial charge in [0.05, 0.1) is 12.8 Å². The van der Waals surface area contributed by atoms with Crippen molar-refractivity contribution in [3.8, 4) is 5.75 Å². The number of hydrogen-bond donors (Lipinski definition) is 2. The van der Waals surface area contributed by atoms with Crippen LogP contribution in [0, 0.1) is 0 Å². The summed E-state index contributed by atoms with van der Waals surface area (Å²) < 4.78 is 16.6. The first kappa shape index (κ1) is 13.1. The van der Waals surface area contributed by atoms with Crippen LogP contribution < -0.4 is 0 Å². The predicted molar refractivity (Wildman–Crippen MR) is 70.8 cm³/mol. The zero-order valence-electron chi connectivity index (χ0n) is 10.0. The van der Waals surface area contributed by atoms with Gasteiger partial charge in [-0.25, -0.2) is 0 Å². The van der Waals surface area contributed by atoms with Gasteiger partial charge in [0.15, 0.2) is 0 Å². The first-order chi connectivity index (χ1) is 8.53. The molecule has 2 rings (SSSR count). The summed E-state index contributed by atoms with van der Waals surface area (Å²) >= 11 is 0. The van der Waals surface area contributed by atoms with Gasteiger partial charge in [0.1, 0.15) is 5.75 Å². The van der Waals surface area contributed by atoms with E-state index in [0.29, 0.717) is 5.56 Å². The van der Waals surface area contributed by atoms with Crippen LogP contribution in [0.1, 0.15) is 12.5 Å². The van der Waals surface area contributed by atoms with Crippen molar-refractivity contribution in [3.63, 3.8) is 0 Å². The van der Waals surface area contributed by atoms with E-state index in [-0.39, 0.29) is 18.5 Å². The maximum atomic E-state index is 11.8. The highest BCUT2D eigenvalue weighted by Crippen LogP contribution is 2.48. The van der Waals surface area contributed by atoms with Crippen molar-refractivity contribution in [2.45, 2.75) is 13.1 Å². The average molecular weight is 266 g/mol. The van der Waals surface area contributed by atoms with Crippen LogP contribution in [-0.4, -0.2) is 16.6 Å². The molecule has 0 amide bonds. The summed E-state index contributed by atoms with van der Waals surface area (Å²) in [5, 5.41) is 11.5. The molecule has 0 saturated carbocycles. The molecule has 0 aliphatic rings. The fourth-order valence-corrected chi connectivity index (χ4v) is 3.16. The molecule has 96 valence electrons. The highest BCUT2D eigenvalue weighted by Gasteiger charge is 2.22. The van der Waals surface area contributed by atoms with Crippen LogP contribution in [0.15, 0.2) is 36.4 Å². The predicted octanol–water partition coefficient (Wildman–Crippen LogP) is 3.27. The fourth-order valence-electron chi connectivity index (χ4n) is 1.94. The first-order valence-electron chi connectivity index (χ1n) is 5.69. The van der Waals surface area contributed by atoms with E-state index in [1.807, 2.05) is 24.3 Å². The molecule has 0 aliphatic carbocycles. The third kappa shape index (κ3) is 2.72. The van der Waals surface area contributed by atoms with Gasteiger partial charge in [-0.2, -0.15) is 0 Å². The molecular formula is C13H15O4P. The molecule has 2 N–H and O–H groups in total. The lowest BCUT2D eigenvalue weighted by atomic mass is 10.0. The van der Waals surface area contributed by atoms with Crippen molar-refractivity contribution in [2.24, 2.45) is 0 Å². The van der Waals surface area contributed by atoms with Gasteiger partial charge in [0, 0.05) is 5.56 Å². The number of aromatic hydroxyl groups is 1. The van der Waals surface area contributed by atoms with Gasteiger partial charge in [-0.1, -0.05) is 30.3 Å². The minimum Gasteiger partial charge on any atom is -0.508 e. The lowest BCUT2D eigenvalue weighted by Gasteiger charge is -2.13. The molecule has 0 radical (unpaired) electrons. The van der Waals surface area contributed by atoms with Gasteiger partial charge in [-0.05, 0) is 23.8 Å². The Morgan fingerprint density at radius 3 is 2.67 bits per heavy atom. The van der Waals surface area contributed by atoms with E-state index in [1.54, 1.807) is 13.0 Å². The molecule has 18 heavy (non-hydrogen) atoms. The van der Waals surface area contributed by atoms with Crippen molar-refractivity contribution >= 4 is 18.4 Å². The van der Waals surface area contributed by atoms with Gasteiger partial charge in [0.2, 0.25) is 0 Å². The van der Waals surface area contributed by atoms with Gasteiger partial charge < -0.3 is 14.5 Å². The molecule has 0 aliphatic heterocycles. The summed E-state index contributed by atoms with van der Waals surface area (Å²) in [7, 11) is -3.71. The number of phenolic OH excluding ortho intramolecular Hbond substituents is 1. The normalized spacial score (nSPS) is 14.6. The molecule has 0 aromatic heterocycles. The smallest absolute Gasteiger partial charge is 0.332 e. The zero-order valence-corrected chi connectivity index (χ0v) is 10.9. The van der Waals surface area contributed by atoms with Gasteiger partial charge in [0.25, 0.3) is 0 Å². The van der Waals surface area contributed by atoms with Crippen molar-refractivity contribution in [1.29, 1.82) is 0 Å². The lowest BCUT2D eigenvalue weighted by Crippen LogP contribution is -1.95. The second-order valence-corrected chi connectivity index (χ2v) is 5.85. The Kier molecular flexibility index (Phi) is 3.71. The van der Waals surface area contributed by atoms with Crippen LogP contribution >= 0.6 is 7.60 Å². The van der Waals surface area contributed by atoms with Crippen LogP contribution in [0.3, 0.4) is 0 Å². The topological polar surface area (TPSA) is 66.8 Å². The van der Waals surface area contributed by atoms with Crippen LogP contribution in [0.25, 0.3) is 10.8 Å². The SMILES string of the molecule is CCOP(=O)(O)Cc1c(O)ccc2ccccc12. The molecule has 2 aromatic carbocycles. The quantitative estimate of drug-likeness (QED) is 0.833. The largest absolute Gasteiger partial charge is 0.508 e. The Balaban J connectivity index is 2.50. The van der Waals surface area contributed by atoms with Crippen molar-refractivity contribution in [1.82, 2.24) is 0 Å². The summed E-state index contributed by atoms with van der Waals surface area (Å²) in [6.45, 7) is 1.82. The Morgan fingerprint density at radius 2 is 1.94 bits per heavy atom. The van der Waals surface area contributed by atoms with Crippen LogP contribution in [0.4, 0.5) is 0 Å². The maximum Gasteiger partial charge on any atom is 0.332 e. The fraction of sp³-hybridized carbons (Fsp3) is 0.231. The van der Waals surface area contributed by atoms with E-state index in [2.05, 4.69) is 0 Å². The summed E-state index contributed by atoms with van der Waals surface area (Å²) in [4.78, 5) is 9.67. The maximum absolute atomic E-state index is 11.8. The third-order valence-electron chi connectivity index (χ3n) is 2.70. The minimum absolute atomic E-state index is 0.0164. The zero-order chi connectivity index (χ0) is 13.2. The van der Waals surface area contributed by atoms with Gasteiger partial charge >= 0.3 is 7.60 Å². The van der Waals surface area contributed by atoms with Crippen LogP contribution in [-0.2, 0) is 15.3 Å². The molecule has 4 nitrogen and oxygen atoms in total. The van der Waals surface area contributed by atoms with Crippen molar-refractivity contribution < 1.29 is 19.1 Å². The molecule has 1 unspecified atom stereocenters. The first-order valence-corrected chi connectivity index (χ1v) is 7.46. The van der Waals surface area contributed by atoms with Gasteiger partial charge in [-0.15, -0.1) is 0 Å². The second kappa shape index (κ2) is 5.11. The van der Waals surface area contributed by atoms with Crippen LogP contribution in [0.5, 0.6) is 5.75 Å². The Bertz CT molecular complexity index is 609. The molecule has 1 atom stereocenters. The van der Waals surface area contributed by atoms with Gasteiger partial charge in [-0.3, -0.25) is 4.57 Å². The van der Waals surface area contributed by atoms with E-state index in [9.17, 15) is 14.6 Å². The number of phenols is 1. The Hall–Kier alpha value is -1.35. The van der Waals surface area contributed by atoms with E-state index in [4.69, 9.17) is 4.52 Å². The van der Waals surface area contributed by atoms with E-state index >= 15 is 0 Å². The van der Waals surface area contributed by atoms with Crippen molar-refractivity contribution in [3.05, 3.63) is 42.0 Å². The third-order valence-corrected chi connectivity index (χ3v) is 4.08. The minimum atomic E-state index is -3.71. The number of rotatable bonds is 4. The van der Waals surface area contributed by atoms with Crippen LogP contribution in [0.2, 0.25) is 0 Å². The van der Waals surface area contributed by atoms with E-state index < -0.39 is 7.60 Å². The molecule has 0 heterocycles. The standard InChI is InChI=1S/C13H15O4P/c1-2-17-18(15,16)9-12-11-6-4-3-5-10(11)7-8-13(12)14/h3-8,14H,2,9H2,1H3,(H,15,16). The summed E-state index contributed by atoms with van der Waals surface area (Å²) in [6.07, 6.45) is -0.186. The number of benzene rings is 2. The highest BCUT2D eigenvalue weighted by molar-refractivity contribution is 7.52. The molecule has 5 heteroatoms.